The fourth-order valence-electron chi connectivity index (χ4n) is 3.97. The number of primary sulfonamides is 1. The molecule has 1 aliphatic heterocycles. The van der Waals surface area contributed by atoms with Gasteiger partial charge in [0.1, 0.15) is 17.6 Å². The van der Waals surface area contributed by atoms with Crippen molar-refractivity contribution in [2.75, 3.05) is 0 Å². The first-order chi connectivity index (χ1) is 15.3. The van der Waals surface area contributed by atoms with Gasteiger partial charge in [0.15, 0.2) is 0 Å². The second-order valence-electron chi connectivity index (χ2n) is 7.42. The molecule has 1 unspecified atom stereocenters. The molecule has 0 saturated heterocycles. The van der Waals surface area contributed by atoms with E-state index < -0.39 is 22.7 Å². The fourth-order valence-corrected chi connectivity index (χ4v) is 4.68. The highest BCUT2D eigenvalue weighted by molar-refractivity contribution is 7.88. The van der Waals surface area contributed by atoms with E-state index in [1.807, 2.05) is 30.3 Å². The molecule has 0 aliphatic carbocycles. The summed E-state index contributed by atoms with van der Waals surface area (Å²) in [4.78, 5) is 0. The molecule has 1 aliphatic rings. The Hall–Kier alpha value is -3.23. The first-order valence-electron chi connectivity index (χ1n) is 9.83. The molecule has 1 atom stereocenters. The predicted octanol–water partition coefficient (Wildman–Crippen LogP) is 4.95. The third-order valence-electron chi connectivity index (χ3n) is 5.20. The first kappa shape index (κ1) is 22.0. The third kappa shape index (κ3) is 4.51. The average molecular weight is 457 g/mol. The van der Waals surface area contributed by atoms with Crippen molar-refractivity contribution in [2.24, 2.45) is 5.14 Å². The molecule has 0 spiro atoms. The number of rotatable bonds is 7. The molecule has 0 amide bonds. The maximum atomic E-state index is 13.1. The van der Waals surface area contributed by atoms with Gasteiger partial charge in [-0.05, 0) is 52.9 Å². The molecule has 0 radical (unpaired) electrons. The molecule has 1 heterocycles. The molecule has 5 nitrogen and oxygen atoms in total. The quantitative estimate of drug-likeness (QED) is 0.509. The van der Waals surface area contributed by atoms with Crippen LogP contribution >= 0.6 is 0 Å². The Kier molecular flexibility index (Phi) is 5.99. The molecule has 166 valence electrons. The molecule has 4 rings (SSSR count). The lowest BCUT2D eigenvalue weighted by Crippen LogP contribution is -2.20. The number of alkyl halides is 2. The SMILES string of the molecule is C=CCc1cc2c(cc1CS(N)(=O)=O)C(c1ccccc1)Oc1cccc(OC(F)F)c1-2. The van der Waals surface area contributed by atoms with Crippen molar-refractivity contribution < 1.29 is 26.7 Å². The lowest BCUT2D eigenvalue weighted by atomic mass is 9.85. The highest BCUT2D eigenvalue weighted by atomic mass is 32.2. The first-order valence-corrected chi connectivity index (χ1v) is 11.5. The molecular weight excluding hydrogens is 436 g/mol. The van der Waals surface area contributed by atoms with Crippen molar-refractivity contribution in [1.82, 2.24) is 0 Å². The van der Waals surface area contributed by atoms with Crippen LogP contribution in [-0.4, -0.2) is 15.0 Å². The predicted molar refractivity (Wildman–Crippen MR) is 118 cm³/mol. The summed E-state index contributed by atoms with van der Waals surface area (Å²) in [5.74, 6) is 0.00904. The number of ether oxygens (including phenoxy) is 2. The highest BCUT2D eigenvalue weighted by Crippen LogP contribution is 2.50. The Morgan fingerprint density at radius 3 is 2.50 bits per heavy atom. The van der Waals surface area contributed by atoms with E-state index in [4.69, 9.17) is 14.6 Å². The normalized spacial score (nSPS) is 14.9. The second kappa shape index (κ2) is 8.72. The Balaban J connectivity index is 1.99. The number of sulfonamides is 1. The van der Waals surface area contributed by atoms with Crippen LogP contribution in [0.25, 0.3) is 11.1 Å². The zero-order chi connectivity index (χ0) is 22.9. The van der Waals surface area contributed by atoms with E-state index in [1.165, 1.54) is 6.07 Å². The van der Waals surface area contributed by atoms with E-state index in [0.29, 0.717) is 40.0 Å². The van der Waals surface area contributed by atoms with Gasteiger partial charge in [-0.3, -0.25) is 0 Å². The van der Waals surface area contributed by atoms with Gasteiger partial charge in [0, 0.05) is 5.56 Å². The number of benzene rings is 3. The maximum Gasteiger partial charge on any atom is 0.387 e. The molecule has 0 saturated carbocycles. The Morgan fingerprint density at radius 2 is 1.84 bits per heavy atom. The van der Waals surface area contributed by atoms with Crippen molar-refractivity contribution in [3.05, 3.63) is 95.6 Å². The Labute approximate surface area is 185 Å². The van der Waals surface area contributed by atoms with E-state index in [0.717, 1.165) is 5.56 Å². The van der Waals surface area contributed by atoms with Crippen LogP contribution in [0.5, 0.6) is 11.5 Å². The van der Waals surface area contributed by atoms with Crippen molar-refractivity contribution in [3.8, 4) is 22.6 Å². The van der Waals surface area contributed by atoms with Crippen molar-refractivity contribution >= 4 is 10.0 Å². The van der Waals surface area contributed by atoms with Crippen LogP contribution in [0.3, 0.4) is 0 Å². The summed E-state index contributed by atoms with van der Waals surface area (Å²) in [6.45, 7) is 0.732. The number of fused-ring (bicyclic) bond motifs is 3. The van der Waals surface area contributed by atoms with Crippen LogP contribution in [0, 0.1) is 0 Å². The van der Waals surface area contributed by atoms with Crippen molar-refractivity contribution in [3.63, 3.8) is 0 Å². The van der Waals surface area contributed by atoms with Gasteiger partial charge in [0.05, 0.1) is 11.3 Å². The maximum absolute atomic E-state index is 13.1. The van der Waals surface area contributed by atoms with Crippen molar-refractivity contribution in [1.29, 1.82) is 0 Å². The molecule has 2 N–H and O–H groups in total. The van der Waals surface area contributed by atoms with Gasteiger partial charge in [-0.1, -0.05) is 42.5 Å². The molecule has 3 aromatic rings. The molecule has 32 heavy (non-hydrogen) atoms. The highest BCUT2D eigenvalue weighted by Gasteiger charge is 2.31. The van der Waals surface area contributed by atoms with Gasteiger partial charge in [0.2, 0.25) is 10.0 Å². The van der Waals surface area contributed by atoms with Crippen LogP contribution in [-0.2, 0) is 22.2 Å². The van der Waals surface area contributed by atoms with Gasteiger partial charge in [-0.15, -0.1) is 6.58 Å². The monoisotopic (exact) mass is 457 g/mol. The molecule has 3 aromatic carbocycles. The van der Waals surface area contributed by atoms with E-state index in [1.54, 1.807) is 30.3 Å². The summed E-state index contributed by atoms with van der Waals surface area (Å²) >= 11 is 0. The second-order valence-corrected chi connectivity index (χ2v) is 9.04. The minimum absolute atomic E-state index is 0.0194. The van der Waals surface area contributed by atoms with Crippen LogP contribution in [0.15, 0.2) is 73.3 Å². The van der Waals surface area contributed by atoms with Gasteiger partial charge in [-0.25, -0.2) is 13.6 Å². The van der Waals surface area contributed by atoms with Gasteiger partial charge in [-0.2, -0.15) is 8.78 Å². The number of hydrogen-bond donors (Lipinski definition) is 1. The largest absolute Gasteiger partial charge is 0.480 e. The van der Waals surface area contributed by atoms with E-state index in [2.05, 4.69) is 6.58 Å². The molecule has 0 aromatic heterocycles. The zero-order valence-corrected chi connectivity index (χ0v) is 17.8. The minimum Gasteiger partial charge on any atom is -0.480 e. The van der Waals surface area contributed by atoms with Crippen LogP contribution in [0.4, 0.5) is 8.78 Å². The summed E-state index contributed by atoms with van der Waals surface area (Å²) in [6.07, 6.45) is 1.45. The van der Waals surface area contributed by atoms with Gasteiger partial charge in [0.25, 0.3) is 0 Å². The van der Waals surface area contributed by atoms with Crippen LogP contribution < -0.4 is 14.6 Å². The number of halogens is 2. The standard InChI is InChI=1S/C24H21F2NO4S/c1-2-7-16-12-18-19(13-17(16)14-32(27,28)29)23(15-8-4-3-5-9-15)30-20-10-6-11-21(22(18)20)31-24(25)26/h2-6,8-13,23-24H,1,7,14H2,(H2,27,28,29). The summed E-state index contributed by atoms with van der Waals surface area (Å²) in [6, 6.07) is 17.6. The Morgan fingerprint density at radius 1 is 1.09 bits per heavy atom. The Bertz CT molecular complexity index is 1260. The number of nitrogens with two attached hydrogens (primary N) is 1. The summed E-state index contributed by atoms with van der Waals surface area (Å²) in [7, 11) is -3.81. The number of hydrogen-bond acceptors (Lipinski definition) is 4. The zero-order valence-electron chi connectivity index (χ0n) is 17.0. The average Bonchev–Trinajstić information content (AvgIpc) is 2.73. The summed E-state index contributed by atoms with van der Waals surface area (Å²) in [5, 5.41) is 5.32. The third-order valence-corrected chi connectivity index (χ3v) is 5.91. The van der Waals surface area contributed by atoms with E-state index >= 15 is 0 Å². The van der Waals surface area contributed by atoms with Gasteiger partial charge < -0.3 is 9.47 Å². The summed E-state index contributed by atoms with van der Waals surface area (Å²) < 4.78 is 60.9. The minimum atomic E-state index is -3.81. The number of allylic oxidation sites excluding steroid dienone is 1. The van der Waals surface area contributed by atoms with Crippen LogP contribution in [0.1, 0.15) is 28.4 Å². The van der Waals surface area contributed by atoms with E-state index in [9.17, 15) is 17.2 Å². The summed E-state index contributed by atoms with van der Waals surface area (Å²) in [5.41, 5.74) is 3.68. The lowest BCUT2D eigenvalue weighted by molar-refractivity contribution is -0.0496. The van der Waals surface area contributed by atoms with Crippen LogP contribution in [0.2, 0.25) is 0 Å². The topological polar surface area (TPSA) is 78.6 Å². The molecule has 8 heteroatoms. The van der Waals surface area contributed by atoms with E-state index in [-0.39, 0.29) is 11.5 Å². The molecular formula is C24H21F2NO4S. The van der Waals surface area contributed by atoms with Crippen molar-refractivity contribution in [2.45, 2.75) is 24.9 Å². The smallest absolute Gasteiger partial charge is 0.387 e. The molecule has 0 bridgehead atoms. The fraction of sp³-hybridized carbons (Fsp3) is 0.167. The lowest BCUT2D eigenvalue weighted by Gasteiger charge is -2.31. The van der Waals surface area contributed by atoms with Gasteiger partial charge >= 0.3 is 6.61 Å². The molecule has 0 fully saturated rings.